The molecule has 4 saturated heterocycles. The Hall–Kier alpha value is -13.0. The Bertz CT molecular complexity index is 5390. The molecule has 32 nitrogen and oxygen atoms in total. The molecule has 124 heavy (non-hydrogen) atoms. The molecule has 4 fully saturated rings. The fraction of sp³-hybridized carbons (Fsp3) is 0.391. The molecule has 0 bridgehead atoms. The highest BCUT2D eigenvalue weighted by molar-refractivity contribution is 5.93. The van der Waals surface area contributed by atoms with Crippen molar-refractivity contribution >= 4 is 23.0 Å². The lowest BCUT2D eigenvalue weighted by Crippen LogP contribution is -2.45. The predicted octanol–water partition coefficient (Wildman–Crippen LogP) is 15.0. The van der Waals surface area contributed by atoms with Gasteiger partial charge in [0.2, 0.25) is 23.5 Å². The van der Waals surface area contributed by atoms with Crippen molar-refractivity contribution in [2.24, 2.45) is 0 Å². The zero-order valence-electron chi connectivity index (χ0n) is 72.4. The van der Waals surface area contributed by atoms with Crippen molar-refractivity contribution < 1.29 is 60.8 Å². The van der Waals surface area contributed by atoms with Crippen LogP contribution in [0.1, 0.15) is 172 Å². The number of pyridine rings is 5. The Morgan fingerprint density at radius 3 is 1.19 bits per heavy atom. The van der Waals surface area contributed by atoms with Gasteiger partial charge in [0, 0.05) is 187 Å². The molecule has 0 aliphatic carbocycles. The number of hydrogen-bond donors (Lipinski definition) is 4. The van der Waals surface area contributed by atoms with Crippen LogP contribution in [0.15, 0.2) is 154 Å². The first kappa shape index (κ1) is 88.7. The third-order valence-corrected chi connectivity index (χ3v) is 21.8. The maximum absolute atomic E-state index is 12.5. The summed E-state index contributed by atoms with van der Waals surface area (Å²) in [4.78, 5) is 34.3. The van der Waals surface area contributed by atoms with Crippen LogP contribution in [0, 0.1) is 69.2 Å². The average Bonchev–Trinajstić information content (AvgIpc) is 1.74. The first-order valence-corrected chi connectivity index (χ1v) is 41.4. The average molecular weight is 1690 g/mol. The highest BCUT2D eigenvalue weighted by Gasteiger charge is 2.31. The van der Waals surface area contributed by atoms with Crippen LogP contribution >= 0.6 is 0 Å². The first-order chi connectivity index (χ1) is 59.9. The summed E-state index contributed by atoms with van der Waals surface area (Å²) < 4.78 is 66.8. The summed E-state index contributed by atoms with van der Waals surface area (Å²) in [7, 11) is 0. The molecule has 648 valence electrons. The van der Waals surface area contributed by atoms with Crippen LogP contribution < -0.4 is 40.2 Å². The monoisotopic (exact) mass is 1690 g/mol. The molecule has 1 amide bonds. The summed E-state index contributed by atoms with van der Waals surface area (Å²) in [5, 5.41) is 55.3. The van der Waals surface area contributed by atoms with Crippen molar-refractivity contribution in [2.45, 2.75) is 184 Å². The molecule has 0 spiro atoms. The number of aryl methyl sites for hydroxylation is 10. The molecule has 0 aromatic carbocycles. The maximum Gasteiger partial charge on any atom is 0.272 e. The Labute approximate surface area is 720 Å². The largest absolute Gasteiger partial charge is 0.473 e. The molecule has 4 aliphatic rings. The van der Waals surface area contributed by atoms with Crippen molar-refractivity contribution in [1.29, 1.82) is 0 Å². The first-order valence-electron chi connectivity index (χ1n) is 41.4. The number of rotatable bonds is 27. The summed E-state index contributed by atoms with van der Waals surface area (Å²) in [6, 6.07) is 27.2. The van der Waals surface area contributed by atoms with E-state index >= 15 is 0 Å². The molecule has 4 N–H and O–H groups in total. The number of aromatic nitrogens is 15. The standard InChI is InChI=1S/C24H28N4O3.2C23H27N5O3.C22H25N5O4/c1-16-5-6-20(14-25-16)23-21(18(3)31-28-23)15-30-22-8-7-19(13-26-22)17(2)27-24(4)9-11-29-12-10-24;1-14-11-21(16(3)25-19-7-9-29-10-8-19)26-27-23(14)30-13-20-17(4)31-28-22(20)18-6-5-15(2)24-12-18;1-15-5-6-18(13-24-15)22-19(17(3)31-28-22)14-30-21-8-7-20(26-27-21)16(2)25-23(4)9-11-29-12-10-23;1-13-10-19(25-26-20(13)22(28)24-17-6-8-29-9-7-17)30-12-18-15(3)31-27-21(18)16-5-4-14(2)23-11-16/h5-8,13-14,27H,2,9-12,15H2,1,3-4H3;5-6,11-12,19,25H,3,7-10,13H2,1-2,4H3;5-8,13,25H,2,9-12,14H2,1,3-4H3;4-5,10-11,17H,6-9,12H2,1-3H3,(H,24,28). The van der Waals surface area contributed by atoms with Crippen LogP contribution in [-0.2, 0) is 45.4 Å². The van der Waals surface area contributed by atoms with Gasteiger partial charge in [0.1, 0.15) is 83.6 Å². The van der Waals surface area contributed by atoms with Crippen LogP contribution in [0.25, 0.3) is 62.1 Å². The van der Waals surface area contributed by atoms with E-state index in [0.29, 0.717) is 95.0 Å². The minimum absolute atomic E-state index is 0.00243. The van der Waals surface area contributed by atoms with E-state index in [1.54, 1.807) is 43.1 Å². The van der Waals surface area contributed by atoms with Crippen molar-refractivity contribution in [3.63, 3.8) is 0 Å². The van der Waals surface area contributed by atoms with Gasteiger partial charge in [-0.15, -0.1) is 30.6 Å². The Morgan fingerprint density at radius 1 is 0.387 bits per heavy atom. The van der Waals surface area contributed by atoms with Gasteiger partial charge in [-0.05, 0) is 207 Å². The molecule has 0 unspecified atom stereocenters. The maximum atomic E-state index is 12.5. The van der Waals surface area contributed by atoms with E-state index in [1.165, 1.54) is 0 Å². The van der Waals surface area contributed by atoms with E-state index in [2.05, 4.69) is 131 Å². The summed E-state index contributed by atoms with van der Waals surface area (Å²) in [6.45, 7) is 42.7. The van der Waals surface area contributed by atoms with Gasteiger partial charge in [0.15, 0.2) is 5.69 Å². The lowest BCUT2D eigenvalue weighted by Gasteiger charge is -2.36. The van der Waals surface area contributed by atoms with Gasteiger partial charge in [-0.1, -0.05) is 40.4 Å². The second kappa shape index (κ2) is 41.7. The van der Waals surface area contributed by atoms with E-state index in [4.69, 9.17) is 56.0 Å². The molecule has 0 atom stereocenters. The number of hydrogen-bond acceptors (Lipinski definition) is 31. The number of amides is 1. The van der Waals surface area contributed by atoms with Crippen LogP contribution in [0.2, 0.25) is 0 Å². The van der Waals surface area contributed by atoms with Crippen LogP contribution in [0.5, 0.6) is 23.5 Å². The molecule has 0 saturated carbocycles. The highest BCUT2D eigenvalue weighted by Crippen LogP contribution is 2.34. The molecule has 16 heterocycles. The number of carbonyl (C=O) groups is 1. The summed E-state index contributed by atoms with van der Waals surface area (Å²) >= 11 is 0. The predicted molar refractivity (Wildman–Crippen MR) is 463 cm³/mol. The van der Waals surface area contributed by atoms with E-state index < -0.39 is 0 Å². The number of nitrogens with zero attached hydrogens (tertiary/aromatic N) is 15. The molecule has 0 radical (unpaired) electrons. The fourth-order valence-electron chi connectivity index (χ4n) is 13.9. The minimum atomic E-state index is -0.229. The zero-order chi connectivity index (χ0) is 87.3. The van der Waals surface area contributed by atoms with Crippen molar-refractivity contribution in [1.82, 2.24) is 97.4 Å². The Kier molecular flexibility index (Phi) is 29.8. The van der Waals surface area contributed by atoms with Gasteiger partial charge in [-0.2, -0.15) is 0 Å². The normalized spacial score (nSPS) is 14.9. The fourth-order valence-corrected chi connectivity index (χ4v) is 13.9. The van der Waals surface area contributed by atoms with Crippen LogP contribution in [-0.4, -0.2) is 158 Å². The van der Waals surface area contributed by atoms with E-state index in [9.17, 15) is 4.79 Å². The van der Waals surface area contributed by atoms with E-state index in [0.717, 1.165) is 209 Å². The van der Waals surface area contributed by atoms with E-state index in [-0.39, 0.29) is 42.8 Å². The molecule has 4 aliphatic heterocycles. The molecule has 16 rings (SSSR count). The topological polar surface area (TPSA) is 385 Å². The lowest BCUT2D eigenvalue weighted by atomic mass is 9.92. The SMILES string of the molecule is C=C(NC1(C)CCOCC1)c1ccc(OCc2c(-c3ccc(C)nc3)noc2C)nc1.C=C(NC1(C)CCOCC1)c1ccc(OCc2c(-c3ccc(C)nc3)noc2C)nn1.C=C(NC1CCOCC1)c1cc(C)c(OCc2c(-c3ccc(C)nc3)noc2C)nn1.Cc1ccc(-c2noc(C)c2COc2cc(C)c(C(=O)NC3CCOCC3)nn2)cn1. The molecular weight excluding hydrogens is 1580 g/mol. The smallest absolute Gasteiger partial charge is 0.272 e. The van der Waals surface area contributed by atoms with Crippen molar-refractivity contribution in [3.8, 4) is 68.5 Å². The number of carbonyl (C=O) groups excluding carboxylic acids is 1. The Morgan fingerprint density at radius 2 is 0.782 bits per heavy atom. The molecule has 12 aromatic rings. The second-order valence-electron chi connectivity index (χ2n) is 31.7. The van der Waals surface area contributed by atoms with Gasteiger partial charge in [0.05, 0.1) is 33.6 Å². The van der Waals surface area contributed by atoms with E-state index in [1.807, 2.05) is 142 Å². The van der Waals surface area contributed by atoms with Crippen molar-refractivity contribution in [3.05, 3.63) is 237 Å². The van der Waals surface area contributed by atoms with Gasteiger partial charge in [0.25, 0.3) is 5.91 Å². The van der Waals surface area contributed by atoms with Crippen LogP contribution in [0.3, 0.4) is 0 Å². The van der Waals surface area contributed by atoms with Crippen molar-refractivity contribution in [2.75, 3.05) is 52.9 Å². The molecule has 12 aromatic heterocycles. The molecule has 32 heteroatoms. The minimum Gasteiger partial charge on any atom is -0.473 e. The summed E-state index contributed by atoms with van der Waals surface area (Å²) in [5.74, 6) is 4.29. The quantitative estimate of drug-likeness (QED) is 0.0371. The van der Waals surface area contributed by atoms with Gasteiger partial charge < -0.3 is 77.3 Å². The molecular formula is C92H107N19O13. The van der Waals surface area contributed by atoms with Gasteiger partial charge >= 0.3 is 0 Å². The number of nitrogens with one attached hydrogen (secondary N) is 4. The zero-order valence-corrected chi connectivity index (χ0v) is 72.4. The third-order valence-electron chi connectivity index (χ3n) is 21.8. The second-order valence-corrected chi connectivity index (χ2v) is 31.7. The lowest BCUT2D eigenvalue weighted by molar-refractivity contribution is 0.0513. The van der Waals surface area contributed by atoms with Crippen LogP contribution in [0.4, 0.5) is 0 Å². The number of ether oxygens (including phenoxy) is 8. The summed E-state index contributed by atoms with van der Waals surface area (Å²) in [6.07, 6.45) is 16.2. The highest BCUT2D eigenvalue weighted by atomic mass is 16.5. The van der Waals surface area contributed by atoms with Gasteiger partial charge in [-0.25, -0.2) is 4.98 Å². The third kappa shape index (κ3) is 23.8. The van der Waals surface area contributed by atoms with Gasteiger partial charge in [-0.3, -0.25) is 24.7 Å². The Balaban J connectivity index is 0.000000142. The summed E-state index contributed by atoms with van der Waals surface area (Å²) in [5.41, 5.74) is 20.1.